The van der Waals surface area contributed by atoms with Crippen LogP contribution in [0.15, 0.2) is 30.3 Å². The van der Waals surface area contributed by atoms with Gasteiger partial charge in [0.2, 0.25) is 0 Å². The zero-order valence-electron chi connectivity index (χ0n) is 13.8. The summed E-state index contributed by atoms with van der Waals surface area (Å²) in [5.74, 6) is 0.694. The molecule has 1 atom stereocenters. The van der Waals surface area contributed by atoms with Crippen LogP contribution in [0.4, 0.5) is 5.82 Å². The fourth-order valence-corrected chi connectivity index (χ4v) is 3.25. The Morgan fingerprint density at radius 2 is 1.87 bits per heavy atom. The van der Waals surface area contributed by atoms with Crippen LogP contribution < -0.4 is 4.90 Å². The predicted octanol–water partition coefficient (Wildman–Crippen LogP) is 2.98. The van der Waals surface area contributed by atoms with Crippen molar-refractivity contribution >= 4 is 5.82 Å². The molecule has 0 unspecified atom stereocenters. The minimum atomic E-state index is -0.887. The summed E-state index contributed by atoms with van der Waals surface area (Å²) >= 11 is 0. The van der Waals surface area contributed by atoms with E-state index in [-0.39, 0.29) is 0 Å². The maximum atomic E-state index is 11.0. The Bertz CT molecular complexity index is 779. The van der Waals surface area contributed by atoms with E-state index in [2.05, 4.69) is 11.1 Å². The highest BCUT2D eigenvalue weighted by molar-refractivity contribution is 5.61. The minimum Gasteiger partial charge on any atom is -0.383 e. The molecule has 1 aromatic carbocycles. The van der Waals surface area contributed by atoms with Gasteiger partial charge in [0.1, 0.15) is 17.5 Å². The number of β-amino-alcohol motifs (C(OH)–C–C–N with tert-alkyl or cyclic N) is 1. The molecule has 0 bridgehead atoms. The van der Waals surface area contributed by atoms with Gasteiger partial charge in [-0.15, -0.1) is 0 Å². The van der Waals surface area contributed by atoms with Gasteiger partial charge in [0, 0.05) is 12.2 Å². The van der Waals surface area contributed by atoms with E-state index in [4.69, 9.17) is 0 Å². The molecule has 23 heavy (non-hydrogen) atoms. The number of pyridine rings is 1. The highest BCUT2D eigenvalue weighted by Gasteiger charge is 2.39. The smallest absolute Gasteiger partial charge is 0.147 e. The molecule has 1 aliphatic rings. The van der Waals surface area contributed by atoms with Crippen LogP contribution in [0, 0.1) is 32.1 Å². The molecular weight excluding hydrogens is 286 g/mol. The molecule has 1 aromatic heterocycles. The number of hydrogen-bond donors (Lipinski definition) is 1. The van der Waals surface area contributed by atoms with E-state index < -0.39 is 5.60 Å². The minimum absolute atomic E-state index is 0.459. The highest BCUT2D eigenvalue weighted by Crippen LogP contribution is 2.36. The van der Waals surface area contributed by atoms with Gasteiger partial charge in [0.15, 0.2) is 0 Å². The normalized spacial score (nSPS) is 20.6. The third-order valence-electron chi connectivity index (χ3n) is 4.95. The Hall–Kier alpha value is -2.38. The molecule has 0 aliphatic carbocycles. The molecule has 4 heteroatoms. The van der Waals surface area contributed by atoms with Gasteiger partial charge in [-0.1, -0.05) is 30.3 Å². The molecule has 4 nitrogen and oxygen atoms in total. The largest absolute Gasteiger partial charge is 0.383 e. The number of aryl methyl sites for hydroxylation is 1. The first kappa shape index (κ1) is 15.5. The van der Waals surface area contributed by atoms with Crippen molar-refractivity contribution in [2.24, 2.45) is 0 Å². The van der Waals surface area contributed by atoms with Crippen molar-refractivity contribution in [1.82, 2.24) is 4.98 Å². The van der Waals surface area contributed by atoms with Crippen molar-refractivity contribution in [2.75, 3.05) is 18.0 Å². The molecule has 3 rings (SSSR count). The summed E-state index contributed by atoms with van der Waals surface area (Å²) in [6.07, 6.45) is 0.634. The Labute approximate surface area is 137 Å². The number of aliphatic hydroxyl groups is 1. The van der Waals surface area contributed by atoms with E-state index >= 15 is 0 Å². The summed E-state index contributed by atoms with van der Waals surface area (Å²) in [4.78, 5) is 6.67. The molecular formula is C19H21N3O. The van der Waals surface area contributed by atoms with E-state index in [9.17, 15) is 10.4 Å². The summed E-state index contributed by atoms with van der Waals surface area (Å²) in [5, 5.41) is 20.5. The van der Waals surface area contributed by atoms with E-state index in [1.54, 1.807) is 0 Å². The summed E-state index contributed by atoms with van der Waals surface area (Å²) in [5.41, 5.74) is 3.62. The van der Waals surface area contributed by atoms with Crippen LogP contribution in [0.3, 0.4) is 0 Å². The van der Waals surface area contributed by atoms with Gasteiger partial charge < -0.3 is 10.0 Å². The molecule has 118 valence electrons. The standard InChI is InChI=1S/C19H21N3O/c1-13-14(2)17(11-20)18(21-15(13)3)22-10-9-19(23,12-22)16-7-5-4-6-8-16/h4-8,23H,9-10,12H2,1-3H3/t19-/m0/s1. The van der Waals surface area contributed by atoms with Gasteiger partial charge in [-0.3, -0.25) is 0 Å². The second-order valence-electron chi connectivity index (χ2n) is 6.33. The second kappa shape index (κ2) is 5.68. The average molecular weight is 307 g/mol. The van der Waals surface area contributed by atoms with E-state index in [1.165, 1.54) is 0 Å². The third kappa shape index (κ3) is 2.58. The lowest BCUT2D eigenvalue weighted by Gasteiger charge is -2.25. The number of benzene rings is 1. The monoisotopic (exact) mass is 307 g/mol. The van der Waals surface area contributed by atoms with Gasteiger partial charge >= 0.3 is 0 Å². The number of nitriles is 1. The van der Waals surface area contributed by atoms with Crippen LogP contribution in [0.25, 0.3) is 0 Å². The highest BCUT2D eigenvalue weighted by atomic mass is 16.3. The maximum absolute atomic E-state index is 11.0. The molecule has 1 aliphatic heterocycles. The lowest BCUT2D eigenvalue weighted by Crippen LogP contribution is -2.31. The number of hydrogen-bond acceptors (Lipinski definition) is 4. The summed E-state index contributed by atoms with van der Waals surface area (Å²) in [6.45, 7) is 7.07. The van der Waals surface area contributed by atoms with Crippen molar-refractivity contribution in [3.63, 3.8) is 0 Å². The molecule has 0 amide bonds. The van der Waals surface area contributed by atoms with Crippen molar-refractivity contribution in [1.29, 1.82) is 5.26 Å². The summed E-state index contributed by atoms with van der Waals surface area (Å²) < 4.78 is 0. The first-order valence-electron chi connectivity index (χ1n) is 7.87. The lowest BCUT2D eigenvalue weighted by molar-refractivity contribution is 0.0606. The van der Waals surface area contributed by atoms with E-state index in [0.717, 1.165) is 22.4 Å². The number of rotatable bonds is 2. The SMILES string of the molecule is Cc1nc(N2CC[C@@](O)(c3ccccc3)C2)c(C#N)c(C)c1C. The van der Waals surface area contributed by atoms with Crippen LogP contribution in [-0.2, 0) is 5.60 Å². The van der Waals surface area contributed by atoms with Crippen LogP contribution in [0.5, 0.6) is 0 Å². The molecule has 1 fully saturated rings. The van der Waals surface area contributed by atoms with E-state index in [0.29, 0.717) is 30.9 Å². The Morgan fingerprint density at radius 1 is 1.17 bits per heavy atom. The molecule has 2 aromatic rings. The van der Waals surface area contributed by atoms with Crippen LogP contribution in [0.1, 0.15) is 34.4 Å². The van der Waals surface area contributed by atoms with Gasteiger partial charge in [-0.25, -0.2) is 4.98 Å². The fourth-order valence-electron chi connectivity index (χ4n) is 3.25. The van der Waals surface area contributed by atoms with Crippen molar-refractivity contribution < 1.29 is 5.11 Å². The fraction of sp³-hybridized carbons (Fsp3) is 0.368. The van der Waals surface area contributed by atoms with Gasteiger partial charge in [-0.05, 0) is 43.9 Å². The first-order chi connectivity index (χ1) is 11.0. The predicted molar refractivity (Wildman–Crippen MR) is 90.3 cm³/mol. The zero-order valence-corrected chi connectivity index (χ0v) is 13.8. The van der Waals surface area contributed by atoms with Crippen molar-refractivity contribution in [2.45, 2.75) is 32.8 Å². The third-order valence-corrected chi connectivity index (χ3v) is 4.95. The zero-order chi connectivity index (χ0) is 16.6. The molecule has 0 spiro atoms. The quantitative estimate of drug-likeness (QED) is 0.926. The summed E-state index contributed by atoms with van der Waals surface area (Å²) in [7, 11) is 0. The van der Waals surface area contributed by atoms with Crippen LogP contribution >= 0.6 is 0 Å². The molecule has 2 heterocycles. The maximum Gasteiger partial charge on any atom is 0.147 e. The number of anilines is 1. The molecule has 0 saturated carbocycles. The topological polar surface area (TPSA) is 60.1 Å². The van der Waals surface area contributed by atoms with E-state index in [1.807, 2.05) is 56.0 Å². The van der Waals surface area contributed by atoms with Gasteiger partial charge in [0.05, 0.1) is 12.1 Å². The Morgan fingerprint density at radius 3 is 2.52 bits per heavy atom. The molecule has 1 N–H and O–H groups in total. The van der Waals surface area contributed by atoms with Gasteiger partial charge in [0.25, 0.3) is 0 Å². The second-order valence-corrected chi connectivity index (χ2v) is 6.33. The summed E-state index contributed by atoms with van der Waals surface area (Å²) in [6, 6.07) is 12.0. The van der Waals surface area contributed by atoms with Crippen molar-refractivity contribution in [3.05, 3.63) is 58.3 Å². The van der Waals surface area contributed by atoms with Crippen molar-refractivity contribution in [3.8, 4) is 6.07 Å². The first-order valence-corrected chi connectivity index (χ1v) is 7.87. The number of nitrogens with zero attached hydrogens (tertiary/aromatic N) is 3. The lowest BCUT2D eigenvalue weighted by atomic mass is 9.93. The molecule has 0 radical (unpaired) electrons. The Kier molecular flexibility index (Phi) is 3.83. The molecule has 1 saturated heterocycles. The van der Waals surface area contributed by atoms with Crippen LogP contribution in [0.2, 0.25) is 0 Å². The Balaban J connectivity index is 1.98. The van der Waals surface area contributed by atoms with Gasteiger partial charge in [-0.2, -0.15) is 5.26 Å². The number of aromatic nitrogens is 1. The van der Waals surface area contributed by atoms with Crippen LogP contribution in [-0.4, -0.2) is 23.2 Å². The average Bonchev–Trinajstić information content (AvgIpc) is 2.97.